The fourth-order valence-electron chi connectivity index (χ4n) is 1.73. The van der Waals surface area contributed by atoms with Crippen LogP contribution in [0.25, 0.3) is 0 Å². The summed E-state index contributed by atoms with van der Waals surface area (Å²) < 4.78 is 5.10. The van der Waals surface area contributed by atoms with Crippen molar-refractivity contribution in [3.05, 3.63) is 59.7 Å². The number of aliphatic imine (C=N–C) groups is 1. The number of hydrogen-bond acceptors (Lipinski definition) is 2. The number of nitrogens with two attached hydrogens (primary N) is 1. The van der Waals surface area contributed by atoms with E-state index in [1.54, 1.807) is 7.11 Å². The zero-order chi connectivity index (χ0) is 14.4. The van der Waals surface area contributed by atoms with Crippen LogP contribution in [0, 0.1) is 6.92 Å². The van der Waals surface area contributed by atoms with Gasteiger partial charge in [-0.15, -0.1) is 0 Å². The Labute approximate surface area is 119 Å². The molecule has 0 radical (unpaired) electrons. The molecule has 104 valence electrons. The summed E-state index contributed by atoms with van der Waals surface area (Å²) in [6.07, 6.45) is 0. The number of rotatable bonds is 4. The first-order valence-electron chi connectivity index (χ1n) is 6.44. The molecule has 0 aliphatic heterocycles. The highest BCUT2D eigenvalue weighted by atomic mass is 16.5. The molecule has 0 bridgehead atoms. The topological polar surface area (TPSA) is 59.6 Å². The molecule has 0 saturated heterocycles. The number of hydrogen-bond donors (Lipinski definition) is 2. The lowest BCUT2D eigenvalue weighted by molar-refractivity contribution is 0.415. The molecule has 0 amide bonds. The predicted molar refractivity (Wildman–Crippen MR) is 83.1 cm³/mol. The van der Waals surface area contributed by atoms with Gasteiger partial charge in [0, 0.05) is 5.69 Å². The van der Waals surface area contributed by atoms with Gasteiger partial charge in [-0.2, -0.15) is 0 Å². The Bertz CT molecular complexity index is 574. The second kappa shape index (κ2) is 6.61. The van der Waals surface area contributed by atoms with Gasteiger partial charge in [0.1, 0.15) is 5.75 Å². The van der Waals surface area contributed by atoms with Crippen LogP contribution in [0.4, 0.5) is 5.69 Å². The van der Waals surface area contributed by atoms with Gasteiger partial charge in [-0.05, 0) is 36.8 Å². The van der Waals surface area contributed by atoms with E-state index in [0.717, 1.165) is 17.0 Å². The van der Waals surface area contributed by atoms with Crippen molar-refractivity contribution in [1.82, 2.24) is 0 Å². The first kappa shape index (κ1) is 13.9. The van der Waals surface area contributed by atoms with Crippen LogP contribution >= 0.6 is 0 Å². The SMILES string of the molecule is COc1ccc(NC(N)=NCc2ccc(C)cc2)cc1. The normalized spacial score (nSPS) is 11.2. The third-order valence-corrected chi connectivity index (χ3v) is 2.92. The van der Waals surface area contributed by atoms with Gasteiger partial charge < -0.3 is 15.8 Å². The Hall–Kier alpha value is -2.49. The van der Waals surface area contributed by atoms with Crippen molar-refractivity contribution in [2.75, 3.05) is 12.4 Å². The lowest BCUT2D eigenvalue weighted by Crippen LogP contribution is -2.22. The second-order valence-electron chi connectivity index (χ2n) is 4.54. The summed E-state index contributed by atoms with van der Waals surface area (Å²) in [5.74, 6) is 1.21. The molecule has 4 nitrogen and oxygen atoms in total. The highest BCUT2D eigenvalue weighted by molar-refractivity contribution is 5.92. The molecule has 0 fully saturated rings. The molecular formula is C16H19N3O. The van der Waals surface area contributed by atoms with E-state index < -0.39 is 0 Å². The van der Waals surface area contributed by atoms with Gasteiger partial charge in [-0.1, -0.05) is 29.8 Å². The van der Waals surface area contributed by atoms with Crippen LogP contribution in [0.1, 0.15) is 11.1 Å². The van der Waals surface area contributed by atoms with Crippen LogP contribution in [0.3, 0.4) is 0 Å². The molecular weight excluding hydrogens is 250 g/mol. The van der Waals surface area contributed by atoms with Gasteiger partial charge in [0.05, 0.1) is 13.7 Å². The van der Waals surface area contributed by atoms with E-state index >= 15 is 0 Å². The van der Waals surface area contributed by atoms with Crippen LogP contribution < -0.4 is 15.8 Å². The van der Waals surface area contributed by atoms with Crippen molar-refractivity contribution < 1.29 is 4.74 Å². The lowest BCUT2D eigenvalue weighted by Gasteiger charge is -2.06. The maximum absolute atomic E-state index is 5.86. The van der Waals surface area contributed by atoms with E-state index in [2.05, 4.69) is 41.5 Å². The zero-order valence-corrected chi connectivity index (χ0v) is 11.8. The fourth-order valence-corrected chi connectivity index (χ4v) is 1.73. The van der Waals surface area contributed by atoms with Crippen LogP contribution in [-0.4, -0.2) is 13.1 Å². The number of benzene rings is 2. The van der Waals surface area contributed by atoms with Crippen LogP contribution in [0.5, 0.6) is 5.75 Å². The van der Waals surface area contributed by atoms with Crippen molar-refractivity contribution in [1.29, 1.82) is 0 Å². The van der Waals surface area contributed by atoms with Gasteiger partial charge in [-0.3, -0.25) is 0 Å². The van der Waals surface area contributed by atoms with E-state index in [4.69, 9.17) is 10.5 Å². The van der Waals surface area contributed by atoms with Crippen molar-refractivity contribution >= 4 is 11.6 Å². The molecule has 0 unspecified atom stereocenters. The van der Waals surface area contributed by atoms with E-state index in [-0.39, 0.29) is 0 Å². The molecule has 2 aromatic rings. The fraction of sp³-hybridized carbons (Fsp3) is 0.188. The van der Waals surface area contributed by atoms with Crippen LogP contribution in [0.15, 0.2) is 53.5 Å². The van der Waals surface area contributed by atoms with Gasteiger partial charge in [-0.25, -0.2) is 4.99 Å². The van der Waals surface area contributed by atoms with E-state index in [9.17, 15) is 0 Å². The summed E-state index contributed by atoms with van der Waals surface area (Å²) in [7, 11) is 1.64. The number of ether oxygens (including phenoxy) is 1. The highest BCUT2D eigenvalue weighted by Gasteiger charge is 1.97. The standard InChI is InChI=1S/C16H19N3O/c1-12-3-5-13(6-4-12)11-18-16(17)19-14-7-9-15(20-2)10-8-14/h3-10H,11H2,1-2H3,(H3,17,18,19). The van der Waals surface area contributed by atoms with E-state index in [1.165, 1.54) is 5.56 Å². The van der Waals surface area contributed by atoms with Gasteiger partial charge in [0.25, 0.3) is 0 Å². The number of aryl methyl sites for hydroxylation is 1. The predicted octanol–water partition coefficient (Wildman–Crippen LogP) is 2.93. The molecule has 2 aromatic carbocycles. The molecule has 0 heterocycles. The summed E-state index contributed by atoms with van der Waals surface area (Å²) in [5, 5.41) is 3.05. The molecule has 0 aliphatic carbocycles. The average Bonchev–Trinajstić information content (AvgIpc) is 2.47. The minimum absolute atomic E-state index is 0.399. The monoisotopic (exact) mass is 269 g/mol. The van der Waals surface area contributed by atoms with Gasteiger partial charge in [0.2, 0.25) is 0 Å². The Morgan fingerprint density at radius 1 is 1.10 bits per heavy atom. The summed E-state index contributed by atoms with van der Waals surface area (Å²) >= 11 is 0. The quantitative estimate of drug-likeness (QED) is 0.662. The van der Waals surface area contributed by atoms with E-state index in [1.807, 2.05) is 24.3 Å². The summed E-state index contributed by atoms with van der Waals surface area (Å²) in [5.41, 5.74) is 9.12. The minimum atomic E-state index is 0.399. The van der Waals surface area contributed by atoms with Crippen molar-refractivity contribution in [2.24, 2.45) is 10.7 Å². The Morgan fingerprint density at radius 2 is 1.75 bits per heavy atom. The number of methoxy groups -OCH3 is 1. The average molecular weight is 269 g/mol. The number of nitrogens with zero attached hydrogens (tertiary/aromatic N) is 1. The third kappa shape index (κ3) is 4.02. The van der Waals surface area contributed by atoms with Gasteiger partial charge >= 0.3 is 0 Å². The Morgan fingerprint density at radius 3 is 2.35 bits per heavy atom. The minimum Gasteiger partial charge on any atom is -0.497 e. The molecule has 0 saturated carbocycles. The van der Waals surface area contributed by atoms with Gasteiger partial charge in [0.15, 0.2) is 5.96 Å². The highest BCUT2D eigenvalue weighted by Crippen LogP contribution is 2.14. The molecule has 0 aromatic heterocycles. The van der Waals surface area contributed by atoms with Crippen LogP contribution in [0.2, 0.25) is 0 Å². The maximum Gasteiger partial charge on any atom is 0.193 e. The molecule has 4 heteroatoms. The third-order valence-electron chi connectivity index (χ3n) is 2.92. The maximum atomic E-state index is 5.86. The summed E-state index contributed by atoms with van der Waals surface area (Å²) in [4.78, 5) is 4.31. The smallest absolute Gasteiger partial charge is 0.193 e. The zero-order valence-electron chi connectivity index (χ0n) is 11.8. The Balaban J connectivity index is 1.94. The summed E-state index contributed by atoms with van der Waals surface area (Å²) in [6.45, 7) is 2.63. The molecule has 2 rings (SSSR count). The van der Waals surface area contributed by atoms with Crippen LogP contribution in [-0.2, 0) is 6.54 Å². The second-order valence-corrected chi connectivity index (χ2v) is 4.54. The first-order chi connectivity index (χ1) is 9.67. The molecule has 20 heavy (non-hydrogen) atoms. The number of anilines is 1. The van der Waals surface area contributed by atoms with Crippen molar-refractivity contribution in [3.8, 4) is 5.75 Å². The van der Waals surface area contributed by atoms with E-state index in [0.29, 0.717) is 12.5 Å². The lowest BCUT2D eigenvalue weighted by atomic mass is 10.1. The Kier molecular flexibility index (Phi) is 4.60. The summed E-state index contributed by atoms with van der Waals surface area (Å²) in [6, 6.07) is 15.8. The molecule has 3 N–H and O–H groups in total. The molecule has 0 atom stereocenters. The van der Waals surface area contributed by atoms with Crippen molar-refractivity contribution in [3.63, 3.8) is 0 Å². The number of guanidine groups is 1. The van der Waals surface area contributed by atoms with Crippen molar-refractivity contribution in [2.45, 2.75) is 13.5 Å². The molecule has 0 spiro atoms. The molecule has 0 aliphatic rings. The number of nitrogens with one attached hydrogen (secondary N) is 1. The largest absolute Gasteiger partial charge is 0.497 e. The first-order valence-corrected chi connectivity index (χ1v) is 6.44.